The van der Waals surface area contributed by atoms with Gasteiger partial charge in [-0.25, -0.2) is 9.97 Å². The number of nitrogens with two attached hydrogens (primary N) is 1. The van der Waals surface area contributed by atoms with Crippen molar-refractivity contribution in [3.63, 3.8) is 0 Å². The first-order valence-corrected chi connectivity index (χ1v) is 12.9. The molecule has 39 heavy (non-hydrogen) atoms. The minimum atomic E-state index is -4.46. The largest absolute Gasteiger partial charge is 0.408 e. The number of morpholine rings is 1. The van der Waals surface area contributed by atoms with Crippen LogP contribution in [0.5, 0.6) is 0 Å². The van der Waals surface area contributed by atoms with Crippen molar-refractivity contribution in [2.75, 3.05) is 54.5 Å². The number of pyridine rings is 1. The van der Waals surface area contributed by atoms with Gasteiger partial charge in [-0.05, 0) is 35.9 Å². The number of rotatable bonds is 7. The summed E-state index contributed by atoms with van der Waals surface area (Å²) in [4.78, 5) is 20.5. The summed E-state index contributed by atoms with van der Waals surface area (Å²) in [5, 5.41) is 3.55. The summed E-state index contributed by atoms with van der Waals surface area (Å²) in [5.74, 6) is 0.840. The van der Waals surface area contributed by atoms with E-state index in [0.29, 0.717) is 43.3 Å². The molecule has 2 saturated heterocycles. The van der Waals surface area contributed by atoms with Gasteiger partial charge >= 0.3 is 6.18 Å². The highest BCUT2D eigenvalue weighted by atomic mass is 19.4. The molecule has 2 fully saturated rings. The average Bonchev–Trinajstić information content (AvgIpc) is 3.36. The van der Waals surface area contributed by atoms with Gasteiger partial charge in [0.25, 0.3) is 0 Å². The Balaban J connectivity index is 1.18. The highest BCUT2D eigenvalue weighted by molar-refractivity contribution is 5.92. The molecular weight excluding hydrogens is 509 g/mol. The molecule has 5 heterocycles. The Morgan fingerprint density at radius 1 is 1.03 bits per heavy atom. The lowest BCUT2D eigenvalue weighted by Crippen LogP contribution is -2.55. The van der Waals surface area contributed by atoms with E-state index in [1.165, 1.54) is 6.33 Å². The number of alkyl halides is 3. The predicted molar refractivity (Wildman–Crippen MR) is 144 cm³/mol. The number of nitrogens with zero attached hydrogens (tertiary/aromatic N) is 5. The van der Waals surface area contributed by atoms with Crippen LogP contribution in [0.4, 0.5) is 30.4 Å². The Hall–Kier alpha value is -3.90. The number of fused-ring (bicyclic) bond motifs is 1. The van der Waals surface area contributed by atoms with E-state index < -0.39 is 12.2 Å². The molecule has 0 amide bonds. The van der Waals surface area contributed by atoms with Crippen molar-refractivity contribution in [2.24, 2.45) is 5.73 Å². The summed E-state index contributed by atoms with van der Waals surface area (Å²) in [6, 6.07) is 10.7. The number of nitrogens with one attached hydrogen (secondary N) is 2. The fourth-order valence-corrected chi connectivity index (χ4v) is 5.01. The van der Waals surface area contributed by atoms with Gasteiger partial charge in [0.15, 0.2) is 0 Å². The van der Waals surface area contributed by atoms with Crippen molar-refractivity contribution >= 4 is 28.2 Å². The van der Waals surface area contributed by atoms with Crippen molar-refractivity contribution in [3.05, 3.63) is 60.7 Å². The highest BCUT2D eigenvalue weighted by Crippen LogP contribution is 2.31. The molecule has 3 aromatic heterocycles. The van der Waals surface area contributed by atoms with Gasteiger partial charge < -0.3 is 30.6 Å². The summed E-state index contributed by atoms with van der Waals surface area (Å²) in [5.41, 5.74) is 9.77. The minimum Gasteiger partial charge on any atom is -0.378 e. The van der Waals surface area contributed by atoms with E-state index in [0.717, 1.165) is 41.2 Å². The van der Waals surface area contributed by atoms with E-state index in [1.807, 2.05) is 11.0 Å². The third-order valence-electron chi connectivity index (χ3n) is 7.14. The lowest BCUT2D eigenvalue weighted by atomic mass is 10.1. The molecule has 1 aromatic carbocycles. The third kappa shape index (κ3) is 5.48. The van der Waals surface area contributed by atoms with Crippen molar-refractivity contribution in [1.82, 2.24) is 19.9 Å². The molecule has 0 bridgehead atoms. The second-order valence-electron chi connectivity index (χ2n) is 9.93. The van der Waals surface area contributed by atoms with Crippen LogP contribution in [0, 0.1) is 0 Å². The Morgan fingerprint density at radius 3 is 2.51 bits per heavy atom. The number of aromatic amines is 1. The standard InChI is InChI=1S/C27H29F3N8O/c28-27(29,30)24(12-20-11-21(5-6-32-20)38-14-18(31)15-38)35-19-3-1-17(2-4-19)23-13-22-25(36-23)33-16-34-26(22)37-7-9-39-10-8-37/h1-6,11,13,16,18,24,35H,7-10,12,14-15,31H2,(H,33,34,36). The maximum absolute atomic E-state index is 14.0. The first-order valence-electron chi connectivity index (χ1n) is 12.9. The molecule has 4 aromatic rings. The van der Waals surface area contributed by atoms with Crippen LogP contribution in [0.1, 0.15) is 5.69 Å². The maximum Gasteiger partial charge on any atom is 0.408 e. The summed E-state index contributed by atoms with van der Waals surface area (Å²) < 4.78 is 47.4. The second kappa shape index (κ2) is 10.3. The summed E-state index contributed by atoms with van der Waals surface area (Å²) >= 11 is 0. The Labute approximate surface area is 223 Å². The summed E-state index contributed by atoms with van der Waals surface area (Å²) in [6.07, 6.45) is -1.67. The zero-order valence-corrected chi connectivity index (χ0v) is 21.2. The van der Waals surface area contributed by atoms with Crippen LogP contribution in [0.2, 0.25) is 0 Å². The van der Waals surface area contributed by atoms with E-state index in [1.54, 1.807) is 42.6 Å². The topological polar surface area (TPSA) is 108 Å². The van der Waals surface area contributed by atoms with Crippen LogP contribution in [-0.2, 0) is 11.2 Å². The zero-order valence-electron chi connectivity index (χ0n) is 21.2. The van der Waals surface area contributed by atoms with Crippen LogP contribution < -0.4 is 20.9 Å². The molecule has 9 nitrogen and oxygen atoms in total. The van der Waals surface area contributed by atoms with Gasteiger partial charge in [-0.3, -0.25) is 4.98 Å². The van der Waals surface area contributed by atoms with Gasteiger partial charge in [0.2, 0.25) is 0 Å². The van der Waals surface area contributed by atoms with Gasteiger partial charge in [0.1, 0.15) is 23.8 Å². The Morgan fingerprint density at radius 2 is 1.79 bits per heavy atom. The first kappa shape index (κ1) is 25.4. The smallest absolute Gasteiger partial charge is 0.378 e. The van der Waals surface area contributed by atoms with Gasteiger partial charge in [0.05, 0.1) is 18.6 Å². The summed E-state index contributed by atoms with van der Waals surface area (Å²) in [6.45, 7) is 4.16. The monoisotopic (exact) mass is 538 g/mol. The van der Waals surface area contributed by atoms with E-state index in [9.17, 15) is 13.2 Å². The van der Waals surface area contributed by atoms with Gasteiger partial charge in [-0.2, -0.15) is 13.2 Å². The molecular formula is C27H29F3N8O. The molecule has 0 spiro atoms. The molecule has 0 saturated carbocycles. The SMILES string of the molecule is NC1CN(c2ccnc(CC(Nc3ccc(-c4cc5c(N6CCOCC6)ncnc5[nH]4)cc3)C(F)(F)F)c2)C1. The van der Waals surface area contributed by atoms with E-state index in [-0.39, 0.29) is 12.5 Å². The molecule has 2 aliphatic heterocycles. The average molecular weight is 539 g/mol. The van der Waals surface area contributed by atoms with E-state index in [2.05, 4.69) is 30.2 Å². The molecule has 2 aliphatic rings. The fourth-order valence-electron chi connectivity index (χ4n) is 5.01. The third-order valence-corrected chi connectivity index (χ3v) is 7.14. The maximum atomic E-state index is 14.0. The number of hydrogen-bond acceptors (Lipinski definition) is 8. The quantitative estimate of drug-likeness (QED) is 0.328. The number of H-pyrrole nitrogens is 1. The number of halogens is 3. The molecule has 12 heteroatoms. The zero-order chi connectivity index (χ0) is 27.0. The van der Waals surface area contributed by atoms with Crippen LogP contribution in [0.3, 0.4) is 0 Å². The van der Waals surface area contributed by atoms with Crippen molar-refractivity contribution < 1.29 is 17.9 Å². The number of aromatic nitrogens is 4. The van der Waals surface area contributed by atoms with Gasteiger partial charge in [-0.15, -0.1) is 0 Å². The predicted octanol–water partition coefficient (Wildman–Crippen LogP) is 3.59. The number of anilines is 3. The molecule has 0 aliphatic carbocycles. The van der Waals surface area contributed by atoms with Crippen LogP contribution in [0.25, 0.3) is 22.3 Å². The minimum absolute atomic E-state index is 0.0956. The molecule has 0 radical (unpaired) electrons. The highest BCUT2D eigenvalue weighted by Gasteiger charge is 2.40. The molecule has 6 rings (SSSR count). The number of benzene rings is 1. The van der Waals surface area contributed by atoms with Crippen LogP contribution in [0.15, 0.2) is 55.0 Å². The lowest BCUT2D eigenvalue weighted by Gasteiger charge is -2.39. The molecule has 1 unspecified atom stereocenters. The molecule has 4 N–H and O–H groups in total. The summed E-state index contributed by atoms with van der Waals surface area (Å²) in [7, 11) is 0. The first-order chi connectivity index (χ1) is 18.8. The van der Waals surface area contributed by atoms with Gasteiger partial charge in [0, 0.05) is 67.6 Å². The Kier molecular flexibility index (Phi) is 6.73. The fraction of sp³-hybridized carbons (Fsp3) is 0.370. The van der Waals surface area contributed by atoms with Crippen molar-refractivity contribution in [3.8, 4) is 11.3 Å². The van der Waals surface area contributed by atoms with E-state index >= 15 is 0 Å². The normalized spacial score (nSPS) is 17.3. The van der Waals surface area contributed by atoms with E-state index in [4.69, 9.17) is 10.5 Å². The van der Waals surface area contributed by atoms with Crippen molar-refractivity contribution in [1.29, 1.82) is 0 Å². The van der Waals surface area contributed by atoms with Crippen molar-refractivity contribution in [2.45, 2.75) is 24.7 Å². The number of hydrogen-bond donors (Lipinski definition) is 3. The molecule has 204 valence electrons. The second-order valence-corrected chi connectivity index (χ2v) is 9.93. The van der Waals surface area contributed by atoms with Crippen LogP contribution in [-0.4, -0.2) is 77.6 Å². The molecule has 1 atom stereocenters. The number of ether oxygens (including phenoxy) is 1. The lowest BCUT2D eigenvalue weighted by molar-refractivity contribution is -0.142. The van der Waals surface area contributed by atoms with Gasteiger partial charge in [-0.1, -0.05) is 12.1 Å². The van der Waals surface area contributed by atoms with Crippen LogP contribution >= 0.6 is 0 Å². The Bertz CT molecular complexity index is 1430.